The topological polar surface area (TPSA) is 55.6 Å². The second kappa shape index (κ2) is 6.69. The highest BCUT2D eigenvalue weighted by Gasteiger charge is 2.10. The van der Waals surface area contributed by atoms with Crippen LogP contribution in [0.15, 0.2) is 18.2 Å². The Hall–Kier alpha value is -0.970. The van der Waals surface area contributed by atoms with Gasteiger partial charge in [0.25, 0.3) is 5.91 Å². The smallest absolute Gasteiger partial charge is 0.260 e. The molecule has 1 aromatic rings. The van der Waals surface area contributed by atoms with Crippen LogP contribution in [0.1, 0.15) is 0 Å². The molecule has 1 rings (SSSR count). The van der Waals surface area contributed by atoms with E-state index in [9.17, 15) is 4.79 Å². The molecule has 1 aromatic carbocycles. The molecular weight excluding hydrogens is 263 g/mol. The maximum Gasteiger partial charge on any atom is 0.260 e. The standard InChI is InChI=1S/C11H14Cl2N2O2/c1-15(5-4-14)11(16)7-17-10-3-2-8(12)6-9(10)13/h2-3,6H,4-5,7,14H2,1H3. The highest BCUT2D eigenvalue weighted by molar-refractivity contribution is 6.35. The zero-order valence-corrected chi connectivity index (χ0v) is 11.0. The molecule has 0 saturated carbocycles. The van der Waals surface area contributed by atoms with Crippen LogP contribution in [0.5, 0.6) is 5.75 Å². The van der Waals surface area contributed by atoms with Crippen LogP contribution in [0, 0.1) is 0 Å². The van der Waals surface area contributed by atoms with Gasteiger partial charge in [0.2, 0.25) is 0 Å². The van der Waals surface area contributed by atoms with Crippen LogP contribution in [0.4, 0.5) is 0 Å². The molecule has 0 heterocycles. The number of hydrogen-bond donors (Lipinski definition) is 1. The summed E-state index contributed by atoms with van der Waals surface area (Å²) >= 11 is 11.6. The minimum Gasteiger partial charge on any atom is -0.482 e. The number of rotatable bonds is 5. The fraction of sp³-hybridized carbons (Fsp3) is 0.364. The van der Waals surface area contributed by atoms with E-state index >= 15 is 0 Å². The molecule has 0 fully saturated rings. The van der Waals surface area contributed by atoms with Crippen LogP contribution in [-0.4, -0.2) is 37.6 Å². The predicted molar refractivity (Wildman–Crippen MR) is 68.6 cm³/mol. The largest absolute Gasteiger partial charge is 0.482 e. The van der Waals surface area contributed by atoms with Gasteiger partial charge in [-0.2, -0.15) is 0 Å². The summed E-state index contributed by atoms with van der Waals surface area (Å²) in [6, 6.07) is 4.84. The van der Waals surface area contributed by atoms with Crippen molar-refractivity contribution in [1.82, 2.24) is 4.90 Å². The van der Waals surface area contributed by atoms with Gasteiger partial charge in [-0.15, -0.1) is 0 Å². The number of amides is 1. The van der Waals surface area contributed by atoms with Crippen molar-refractivity contribution in [2.75, 3.05) is 26.7 Å². The van der Waals surface area contributed by atoms with Crippen molar-refractivity contribution >= 4 is 29.1 Å². The Bertz CT molecular complexity index is 399. The van der Waals surface area contributed by atoms with Crippen LogP contribution in [0.3, 0.4) is 0 Å². The summed E-state index contributed by atoms with van der Waals surface area (Å²) in [6.45, 7) is 0.846. The number of halogens is 2. The van der Waals surface area contributed by atoms with Crippen molar-refractivity contribution in [3.05, 3.63) is 28.2 Å². The summed E-state index contributed by atoms with van der Waals surface area (Å²) in [4.78, 5) is 13.1. The lowest BCUT2D eigenvalue weighted by atomic mass is 10.3. The summed E-state index contributed by atoms with van der Waals surface area (Å²) in [5.41, 5.74) is 5.34. The second-order valence-electron chi connectivity index (χ2n) is 3.47. The summed E-state index contributed by atoms with van der Waals surface area (Å²) in [6.07, 6.45) is 0. The molecule has 0 unspecified atom stereocenters. The molecule has 0 atom stereocenters. The van der Waals surface area contributed by atoms with Gasteiger partial charge in [0.05, 0.1) is 5.02 Å². The third-order valence-corrected chi connectivity index (χ3v) is 2.67. The van der Waals surface area contributed by atoms with Gasteiger partial charge in [0.1, 0.15) is 5.75 Å². The van der Waals surface area contributed by atoms with E-state index in [4.69, 9.17) is 33.7 Å². The Morgan fingerprint density at radius 2 is 2.18 bits per heavy atom. The van der Waals surface area contributed by atoms with E-state index in [1.807, 2.05) is 0 Å². The molecule has 0 aliphatic heterocycles. The van der Waals surface area contributed by atoms with Crippen LogP contribution < -0.4 is 10.5 Å². The first-order valence-corrected chi connectivity index (χ1v) is 5.82. The molecule has 17 heavy (non-hydrogen) atoms. The number of ether oxygens (including phenoxy) is 1. The second-order valence-corrected chi connectivity index (χ2v) is 4.31. The zero-order valence-electron chi connectivity index (χ0n) is 9.45. The average Bonchev–Trinajstić information content (AvgIpc) is 2.27. The van der Waals surface area contributed by atoms with E-state index < -0.39 is 0 Å². The Balaban J connectivity index is 2.53. The van der Waals surface area contributed by atoms with E-state index in [-0.39, 0.29) is 12.5 Å². The van der Waals surface area contributed by atoms with Gasteiger partial charge in [0, 0.05) is 25.2 Å². The van der Waals surface area contributed by atoms with Gasteiger partial charge in [0.15, 0.2) is 6.61 Å². The molecule has 94 valence electrons. The lowest BCUT2D eigenvalue weighted by molar-refractivity contribution is -0.131. The highest BCUT2D eigenvalue weighted by Crippen LogP contribution is 2.27. The molecule has 0 spiro atoms. The SMILES string of the molecule is CN(CCN)C(=O)COc1ccc(Cl)cc1Cl. The van der Waals surface area contributed by atoms with Crippen molar-refractivity contribution < 1.29 is 9.53 Å². The molecule has 2 N–H and O–H groups in total. The van der Waals surface area contributed by atoms with E-state index in [1.54, 1.807) is 25.2 Å². The molecular formula is C11H14Cl2N2O2. The summed E-state index contributed by atoms with van der Waals surface area (Å²) in [5.74, 6) is 0.284. The quantitative estimate of drug-likeness (QED) is 0.892. The van der Waals surface area contributed by atoms with E-state index in [2.05, 4.69) is 0 Å². The number of nitrogens with zero attached hydrogens (tertiary/aromatic N) is 1. The van der Waals surface area contributed by atoms with Gasteiger partial charge in [-0.25, -0.2) is 0 Å². The number of benzene rings is 1. The van der Waals surface area contributed by atoms with Gasteiger partial charge < -0.3 is 15.4 Å². The van der Waals surface area contributed by atoms with Crippen molar-refractivity contribution in [3.8, 4) is 5.75 Å². The van der Waals surface area contributed by atoms with Gasteiger partial charge in [-0.1, -0.05) is 23.2 Å². The number of carbonyl (C=O) groups excluding carboxylic acids is 1. The molecule has 0 bridgehead atoms. The van der Waals surface area contributed by atoms with Crippen molar-refractivity contribution in [1.29, 1.82) is 0 Å². The fourth-order valence-electron chi connectivity index (χ4n) is 1.16. The Labute approximate surface area is 110 Å². The van der Waals surface area contributed by atoms with Crippen LogP contribution >= 0.6 is 23.2 Å². The monoisotopic (exact) mass is 276 g/mol. The van der Waals surface area contributed by atoms with Gasteiger partial charge >= 0.3 is 0 Å². The molecule has 6 heteroatoms. The first-order chi connectivity index (χ1) is 8.04. The minimum atomic E-state index is -0.151. The molecule has 4 nitrogen and oxygen atoms in total. The van der Waals surface area contributed by atoms with Crippen molar-refractivity contribution in [2.45, 2.75) is 0 Å². The van der Waals surface area contributed by atoms with Crippen LogP contribution in [0.25, 0.3) is 0 Å². The van der Waals surface area contributed by atoms with Crippen LogP contribution in [0.2, 0.25) is 10.0 Å². The first kappa shape index (κ1) is 14.1. The van der Waals surface area contributed by atoms with E-state index in [0.717, 1.165) is 0 Å². The Kier molecular flexibility index (Phi) is 5.55. The number of carbonyl (C=O) groups is 1. The Morgan fingerprint density at radius 1 is 1.47 bits per heavy atom. The molecule has 0 aliphatic carbocycles. The highest BCUT2D eigenvalue weighted by atomic mass is 35.5. The number of nitrogens with two attached hydrogens (primary N) is 1. The summed E-state index contributed by atoms with van der Waals surface area (Å²) in [7, 11) is 1.67. The van der Waals surface area contributed by atoms with Gasteiger partial charge in [-0.05, 0) is 18.2 Å². The lowest BCUT2D eigenvalue weighted by Crippen LogP contribution is -2.35. The van der Waals surface area contributed by atoms with E-state index in [0.29, 0.717) is 28.9 Å². The summed E-state index contributed by atoms with van der Waals surface area (Å²) < 4.78 is 5.30. The lowest BCUT2D eigenvalue weighted by Gasteiger charge is -2.16. The predicted octanol–water partition coefficient (Wildman–Crippen LogP) is 1.79. The maximum atomic E-state index is 11.6. The molecule has 0 radical (unpaired) electrons. The molecule has 0 saturated heterocycles. The normalized spacial score (nSPS) is 10.1. The third kappa shape index (κ3) is 4.42. The molecule has 0 aromatic heterocycles. The molecule has 0 aliphatic rings. The van der Waals surface area contributed by atoms with Crippen molar-refractivity contribution in [3.63, 3.8) is 0 Å². The Morgan fingerprint density at radius 3 is 2.76 bits per heavy atom. The fourth-order valence-corrected chi connectivity index (χ4v) is 1.62. The average molecular weight is 277 g/mol. The zero-order chi connectivity index (χ0) is 12.8. The van der Waals surface area contributed by atoms with E-state index in [1.165, 1.54) is 4.90 Å². The van der Waals surface area contributed by atoms with Crippen molar-refractivity contribution in [2.24, 2.45) is 5.73 Å². The van der Waals surface area contributed by atoms with Crippen LogP contribution in [-0.2, 0) is 4.79 Å². The van der Waals surface area contributed by atoms with Gasteiger partial charge in [-0.3, -0.25) is 4.79 Å². The minimum absolute atomic E-state index is 0.0716. The molecule has 1 amide bonds. The summed E-state index contributed by atoms with van der Waals surface area (Å²) in [5, 5.41) is 0.903. The maximum absolute atomic E-state index is 11.6. The third-order valence-electron chi connectivity index (χ3n) is 2.14. The number of hydrogen-bond acceptors (Lipinski definition) is 3. The first-order valence-electron chi connectivity index (χ1n) is 5.06. The number of likely N-dealkylation sites (N-methyl/N-ethyl adjacent to an activating group) is 1.